The molecule has 3 aromatic rings. The summed E-state index contributed by atoms with van der Waals surface area (Å²) in [6, 6.07) is 27.9. The van der Waals surface area contributed by atoms with Crippen LogP contribution in [0.25, 0.3) is 12.2 Å². The van der Waals surface area contributed by atoms with E-state index in [-0.39, 0.29) is 24.8 Å². The number of fused-ring (bicyclic) bond motifs is 2. The summed E-state index contributed by atoms with van der Waals surface area (Å²) in [5.41, 5.74) is 7.14. The molecule has 0 amide bonds. The number of hydrogen-bond acceptors (Lipinski definition) is 0. The topological polar surface area (TPSA) is 0 Å². The molecule has 2 unspecified atom stereocenters. The monoisotopic (exact) mass is 496 g/mol. The summed E-state index contributed by atoms with van der Waals surface area (Å²) in [4.78, 5) is 0. The van der Waals surface area contributed by atoms with Gasteiger partial charge in [0.1, 0.15) is 0 Å². The molecule has 2 atom stereocenters. The van der Waals surface area contributed by atoms with Crippen LogP contribution in [-0.2, 0) is 21.3 Å². The minimum absolute atomic E-state index is 0. The summed E-state index contributed by atoms with van der Waals surface area (Å²) in [5.74, 6) is 0. The van der Waals surface area contributed by atoms with Gasteiger partial charge in [-0.1, -0.05) is 35.9 Å². The molecule has 5 rings (SSSR count). The van der Waals surface area contributed by atoms with Crippen molar-refractivity contribution in [3.05, 3.63) is 119 Å². The molecule has 0 aliphatic heterocycles. The van der Waals surface area contributed by atoms with Gasteiger partial charge < -0.3 is 24.8 Å². The van der Waals surface area contributed by atoms with E-state index in [0.29, 0.717) is 7.25 Å². The second-order valence-electron chi connectivity index (χ2n) is 7.16. The Morgan fingerprint density at radius 3 is 1.45 bits per heavy atom. The van der Waals surface area contributed by atoms with Crippen molar-refractivity contribution in [1.82, 2.24) is 0 Å². The smallest absolute Gasteiger partial charge is 1.00 e. The van der Waals surface area contributed by atoms with Crippen LogP contribution in [0.5, 0.6) is 0 Å². The molecule has 146 valence electrons. The van der Waals surface area contributed by atoms with Gasteiger partial charge in [-0.15, -0.1) is 0 Å². The summed E-state index contributed by atoms with van der Waals surface area (Å²) in [6.45, 7) is 2.08. The second-order valence-corrected chi connectivity index (χ2v) is 13.0. The Morgan fingerprint density at radius 1 is 0.621 bits per heavy atom. The SMILES string of the molecule is Cc1ccccc1.[CH2]=[Zr+2]([CH]1C=Cc2ccccc21)[CH]1C=Cc2ccccc21.[Cl-].[Cl-]. The van der Waals surface area contributed by atoms with Gasteiger partial charge in [0.15, 0.2) is 0 Å². The fraction of sp³-hybridized carbons (Fsp3) is 0.115. The molecule has 2 aliphatic carbocycles. The van der Waals surface area contributed by atoms with Crippen LogP contribution in [-0.4, -0.2) is 4.21 Å². The quantitative estimate of drug-likeness (QED) is 0.485. The molecule has 3 heteroatoms. The first-order chi connectivity index (χ1) is 13.2. The molecule has 0 saturated heterocycles. The molecule has 29 heavy (non-hydrogen) atoms. The first-order valence-electron chi connectivity index (χ1n) is 9.48. The van der Waals surface area contributed by atoms with Crippen molar-refractivity contribution in [1.29, 1.82) is 0 Å². The summed E-state index contributed by atoms with van der Waals surface area (Å²) >= 11 is -1.85. The molecule has 0 nitrogen and oxygen atoms in total. The standard InChI is InChI=1S/2C9H7.C7H8.CH2.2ClH.Zr/c2*1-2-5-9-7-3-6-8(9)4-1;1-7-5-3-2-4-6-7;;;;/h2*1-7H;2-6H,1H3;1H2;2*1H;/q;;;;;;+2/p-2. The number of hydrogen-bond donors (Lipinski definition) is 0. The minimum atomic E-state index is -1.85. The van der Waals surface area contributed by atoms with Gasteiger partial charge in [-0.3, -0.25) is 0 Å². The van der Waals surface area contributed by atoms with Crippen molar-refractivity contribution in [2.24, 2.45) is 0 Å². The first kappa shape index (κ1) is 23.7. The Morgan fingerprint density at radius 2 is 1.03 bits per heavy atom. The fourth-order valence-corrected chi connectivity index (χ4v) is 9.77. The van der Waals surface area contributed by atoms with Gasteiger partial charge in [0.25, 0.3) is 0 Å². The maximum absolute atomic E-state index is 4.69. The second kappa shape index (κ2) is 11.0. The maximum Gasteiger partial charge on any atom is -1.00 e. The third kappa shape index (κ3) is 5.34. The van der Waals surface area contributed by atoms with E-state index >= 15 is 0 Å². The molecular weight excluding hydrogens is 474 g/mol. The third-order valence-corrected chi connectivity index (χ3v) is 11.7. The van der Waals surface area contributed by atoms with Crippen LogP contribution in [0.2, 0.25) is 0 Å². The number of allylic oxidation sites excluding steroid dienone is 2. The Balaban J connectivity index is 0.000000287. The van der Waals surface area contributed by atoms with Crippen molar-refractivity contribution in [2.75, 3.05) is 0 Å². The molecular formula is C26H24Cl2Zr. The van der Waals surface area contributed by atoms with Gasteiger partial charge in [0.2, 0.25) is 0 Å². The minimum Gasteiger partial charge on any atom is -1.00 e. The predicted molar refractivity (Wildman–Crippen MR) is 115 cm³/mol. The van der Waals surface area contributed by atoms with Gasteiger partial charge in [-0.2, -0.15) is 0 Å². The Hall–Kier alpha value is -1.53. The number of halogens is 2. The first-order valence-corrected chi connectivity index (χ1v) is 14.1. The summed E-state index contributed by atoms with van der Waals surface area (Å²) in [6.07, 6.45) is 9.38. The molecule has 0 spiro atoms. The Labute approximate surface area is 194 Å². The normalized spacial score (nSPS) is 16.8. The molecule has 0 saturated carbocycles. The average Bonchev–Trinajstić information content (AvgIpc) is 3.33. The van der Waals surface area contributed by atoms with Crippen LogP contribution in [0, 0.1) is 6.92 Å². The van der Waals surface area contributed by atoms with E-state index in [4.69, 9.17) is 4.21 Å². The summed E-state index contributed by atoms with van der Waals surface area (Å²) in [7, 11) is 0. The molecule has 2 aliphatic rings. The van der Waals surface area contributed by atoms with Crippen LogP contribution in [0.1, 0.15) is 35.1 Å². The van der Waals surface area contributed by atoms with Crippen LogP contribution in [0.4, 0.5) is 0 Å². The zero-order valence-corrected chi connectivity index (χ0v) is 20.4. The van der Waals surface area contributed by atoms with Gasteiger partial charge in [0, 0.05) is 0 Å². The molecule has 3 aromatic carbocycles. The van der Waals surface area contributed by atoms with E-state index in [1.807, 2.05) is 18.2 Å². The molecule has 0 aromatic heterocycles. The average molecular weight is 499 g/mol. The van der Waals surface area contributed by atoms with Gasteiger partial charge >= 0.3 is 128 Å². The van der Waals surface area contributed by atoms with Crippen molar-refractivity contribution >= 4 is 16.4 Å². The van der Waals surface area contributed by atoms with Crippen molar-refractivity contribution in [2.45, 2.75) is 14.2 Å². The van der Waals surface area contributed by atoms with E-state index in [2.05, 4.69) is 91.9 Å². The number of aryl methyl sites for hydroxylation is 1. The van der Waals surface area contributed by atoms with Gasteiger partial charge in [-0.25, -0.2) is 0 Å². The van der Waals surface area contributed by atoms with Gasteiger partial charge in [0.05, 0.1) is 0 Å². The van der Waals surface area contributed by atoms with Crippen molar-refractivity contribution in [3.63, 3.8) is 0 Å². The van der Waals surface area contributed by atoms with E-state index in [1.54, 1.807) is 0 Å². The van der Waals surface area contributed by atoms with E-state index in [9.17, 15) is 0 Å². The fourth-order valence-electron chi connectivity index (χ4n) is 3.87. The van der Waals surface area contributed by atoms with Crippen LogP contribution >= 0.6 is 0 Å². The van der Waals surface area contributed by atoms with E-state index in [0.717, 1.165) is 0 Å². The van der Waals surface area contributed by atoms with Gasteiger partial charge in [-0.05, 0) is 6.92 Å². The maximum atomic E-state index is 4.69. The Bertz CT molecular complexity index is 958. The third-order valence-electron chi connectivity index (χ3n) is 5.34. The zero-order valence-electron chi connectivity index (χ0n) is 16.4. The largest absolute Gasteiger partial charge is 1.00 e. The summed E-state index contributed by atoms with van der Waals surface area (Å²) in [5, 5.41) is 0. The van der Waals surface area contributed by atoms with E-state index < -0.39 is 21.3 Å². The van der Waals surface area contributed by atoms with Crippen LogP contribution in [0.15, 0.2) is 91.0 Å². The number of rotatable bonds is 2. The molecule has 0 radical (unpaired) electrons. The molecule has 0 heterocycles. The molecule has 0 fully saturated rings. The predicted octanol–water partition coefficient (Wildman–Crippen LogP) is 0.576. The van der Waals surface area contributed by atoms with E-state index in [1.165, 1.54) is 27.8 Å². The number of benzene rings is 3. The Kier molecular flexibility index (Phi) is 9.03. The van der Waals surface area contributed by atoms with Crippen LogP contribution < -0.4 is 24.8 Å². The zero-order chi connectivity index (χ0) is 18.6. The summed E-state index contributed by atoms with van der Waals surface area (Å²) < 4.78 is 5.93. The van der Waals surface area contributed by atoms with Crippen LogP contribution in [0.3, 0.4) is 0 Å². The molecule has 0 N–H and O–H groups in total. The molecule has 0 bridgehead atoms. The van der Waals surface area contributed by atoms with Crippen molar-refractivity contribution < 1.29 is 46.1 Å². The van der Waals surface area contributed by atoms with Crippen molar-refractivity contribution in [3.8, 4) is 0 Å².